The molecule has 5 heteroatoms. The number of aliphatic imine (C=N–C) groups is 1. The van der Waals surface area contributed by atoms with Gasteiger partial charge in [0.2, 0.25) is 0 Å². The molecular formula is C18H29FN4. The second-order valence-corrected chi connectivity index (χ2v) is 6.49. The van der Waals surface area contributed by atoms with Gasteiger partial charge >= 0.3 is 0 Å². The largest absolute Gasteiger partial charge is 0.355 e. The maximum atomic E-state index is 13.6. The van der Waals surface area contributed by atoms with Crippen molar-refractivity contribution in [1.29, 1.82) is 0 Å². The number of nitrogens with one attached hydrogen (secondary N) is 2. The van der Waals surface area contributed by atoms with Gasteiger partial charge in [0, 0.05) is 38.3 Å². The third kappa shape index (κ3) is 5.50. The van der Waals surface area contributed by atoms with Gasteiger partial charge in [-0.15, -0.1) is 0 Å². The van der Waals surface area contributed by atoms with Crippen molar-refractivity contribution >= 4 is 5.96 Å². The lowest BCUT2D eigenvalue weighted by molar-refractivity contribution is 0.139. The van der Waals surface area contributed by atoms with Gasteiger partial charge in [-0.3, -0.25) is 9.89 Å². The molecule has 0 saturated carbocycles. The van der Waals surface area contributed by atoms with Gasteiger partial charge in [-0.2, -0.15) is 0 Å². The van der Waals surface area contributed by atoms with E-state index in [1.54, 1.807) is 19.2 Å². The van der Waals surface area contributed by atoms with Crippen LogP contribution in [-0.4, -0.2) is 43.6 Å². The highest BCUT2D eigenvalue weighted by atomic mass is 19.1. The van der Waals surface area contributed by atoms with E-state index in [4.69, 9.17) is 0 Å². The number of nitrogens with zero attached hydrogens (tertiary/aromatic N) is 2. The lowest BCUT2D eigenvalue weighted by Crippen LogP contribution is -2.48. The van der Waals surface area contributed by atoms with Crippen LogP contribution in [0.2, 0.25) is 0 Å². The Labute approximate surface area is 139 Å². The molecule has 0 bridgehead atoms. The Bertz CT molecular complexity index is 517. The van der Waals surface area contributed by atoms with Crippen molar-refractivity contribution in [1.82, 2.24) is 15.5 Å². The van der Waals surface area contributed by atoms with Crippen molar-refractivity contribution in [3.8, 4) is 0 Å². The van der Waals surface area contributed by atoms with E-state index in [9.17, 15) is 4.39 Å². The third-order valence-corrected chi connectivity index (χ3v) is 4.50. The Kier molecular flexibility index (Phi) is 6.84. The smallest absolute Gasteiger partial charge is 0.191 e. The maximum Gasteiger partial charge on any atom is 0.191 e. The lowest BCUT2D eigenvalue weighted by atomic mass is 9.99. The Morgan fingerprint density at radius 2 is 2.17 bits per heavy atom. The predicted molar refractivity (Wildman–Crippen MR) is 94.0 cm³/mol. The van der Waals surface area contributed by atoms with E-state index < -0.39 is 0 Å². The van der Waals surface area contributed by atoms with Gasteiger partial charge in [0.1, 0.15) is 5.82 Å². The molecule has 1 aliphatic heterocycles. The molecule has 1 aliphatic rings. The number of hydrogen-bond acceptors (Lipinski definition) is 2. The molecule has 0 spiro atoms. The molecule has 2 rings (SSSR count). The fourth-order valence-electron chi connectivity index (χ4n) is 3.04. The first-order chi connectivity index (χ1) is 11.1. The molecule has 2 atom stereocenters. The number of benzene rings is 1. The van der Waals surface area contributed by atoms with Crippen LogP contribution in [0.15, 0.2) is 29.3 Å². The lowest BCUT2D eigenvalue weighted by Gasteiger charge is -2.35. The van der Waals surface area contributed by atoms with Gasteiger partial charge in [0.15, 0.2) is 5.96 Å². The van der Waals surface area contributed by atoms with E-state index >= 15 is 0 Å². The number of piperidine rings is 1. The molecule has 2 N–H and O–H groups in total. The summed E-state index contributed by atoms with van der Waals surface area (Å²) in [6.45, 7) is 8.18. The second kappa shape index (κ2) is 8.87. The Hall–Kier alpha value is -1.62. The van der Waals surface area contributed by atoms with E-state index in [2.05, 4.69) is 34.4 Å². The van der Waals surface area contributed by atoms with Crippen LogP contribution in [0.5, 0.6) is 0 Å². The first-order valence-corrected chi connectivity index (χ1v) is 8.52. The van der Waals surface area contributed by atoms with Gasteiger partial charge in [-0.05, 0) is 38.3 Å². The predicted octanol–water partition coefficient (Wildman–Crippen LogP) is 2.61. The van der Waals surface area contributed by atoms with Crippen LogP contribution < -0.4 is 10.6 Å². The molecule has 23 heavy (non-hydrogen) atoms. The van der Waals surface area contributed by atoms with E-state index in [0.29, 0.717) is 24.1 Å². The van der Waals surface area contributed by atoms with Crippen molar-refractivity contribution in [2.24, 2.45) is 10.9 Å². The molecule has 0 amide bonds. The number of halogens is 1. The highest BCUT2D eigenvalue weighted by molar-refractivity contribution is 5.79. The first kappa shape index (κ1) is 17.7. The summed E-state index contributed by atoms with van der Waals surface area (Å²) in [5.41, 5.74) is 0.647. The molecule has 128 valence electrons. The molecule has 1 saturated heterocycles. The fraction of sp³-hybridized carbons (Fsp3) is 0.611. The molecule has 0 aliphatic carbocycles. The van der Waals surface area contributed by atoms with Crippen molar-refractivity contribution < 1.29 is 4.39 Å². The third-order valence-electron chi connectivity index (χ3n) is 4.50. The highest BCUT2D eigenvalue weighted by Crippen LogP contribution is 2.17. The maximum absolute atomic E-state index is 13.6. The average Bonchev–Trinajstić information content (AvgIpc) is 2.56. The number of guanidine groups is 1. The van der Waals surface area contributed by atoms with E-state index in [0.717, 1.165) is 12.5 Å². The molecule has 0 aromatic heterocycles. The highest BCUT2D eigenvalue weighted by Gasteiger charge is 2.20. The molecule has 1 aromatic carbocycles. The second-order valence-electron chi connectivity index (χ2n) is 6.49. The summed E-state index contributed by atoms with van der Waals surface area (Å²) < 4.78 is 13.6. The van der Waals surface area contributed by atoms with Crippen LogP contribution in [0.4, 0.5) is 4.39 Å². The summed E-state index contributed by atoms with van der Waals surface area (Å²) in [6.07, 6.45) is 2.62. The number of rotatable bonds is 5. The Morgan fingerprint density at radius 3 is 2.87 bits per heavy atom. The van der Waals surface area contributed by atoms with E-state index in [-0.39, 0.29) is 5.82 Å². The van der Waals surface area contributed by atoms with E-state index in [1.165, 1.54) is 32.0 Å². The zero-order valence-electron chi connectivity index (χ0n) is 14.5. The topological polar surface area (TPSA) is 39.7 Å². The molecule has 1 aromatic rings. The number of hydrogen-bond donors (Lipinski definition) is 2. The SMILES string of the molecule is CN=C(NCc1ccccc1F)NCC(C)N1CCCC(C)C1. The summed E-state index contributed by atoms with van der Waals surface area (Å²) in [5, 5.41) is 6.52. The van der Waals surface area contributed by atoms with Crippen LogP contribution in [0.3, 0.4) is 0 Å². The summed E-state index contributed by atoms with van der Waals surface area (Å²) in [5.74, 6) is 1.31. The van der Waals surface area contributed by atoms with Crippen molar-refractivity contribution in [2.45, 2.75) is 39.3 Å². The van der Waals surface area contributed by atoms with Gasteiger partial charge < -0.3 is 10.6 Å². The van der Waals surface area contributed by atoms with Crippen LogP contribution in [0.25, 0.3) is 0 Å². The number of likely N-dealkylation sites (tertiary alicyclic amines) is 1. The normalized spacial score (nSPS) is 21.0. The summed E-state index contributed by atoms with van der Waals surface area (Å²) in [7, 11) is 1.74. The van der Waals surface area contributed by atoms with Crippen molar-refractivity contribution in [3.63, 3.8) is 0 Å². The minimum absolute atomic E-state index is 0.189. The summed E-state index contributed by atoms with van der Waals surface area (Å²) >= 11 is 0. The van der Waals surface area contributed by atoms with Gasteiger partial charge in [0.25, 0.3) is 0 Å². The van der Waals surface area contributed by atoms with Gasteiger partial charge in [-0.1, -0.05) is 25.1 Å². The molecule has 2 unspecified atom stereocenters. The van der Waals surface area contributed by atoms with Crippen LogP contribution in [-0.2, 0) is 6.54 Å². The molecule has 4 nitrogen and oxygen atoms in total. The Morgan fingerprint density at radius 1 is 1.39 bits per heavy atom. The van der Waals surface area contributed by atoms with E-state index in [1.807, 2.05) is 6.07 Å². The Balaban J connectivity index is 1.77. The fourth-order valence-corrected chi connectivity index (χ4v) is 3.04. The van der Waals surface area contributed by atoms with Gasteiger partial charge in [-0.25, -0.2) is 4.39 Å². The monoisotopic (exact) mass is 320 g/mol. The standard InChI is InChI=1S/C18H29FN4/c1-14-7-6-10-23(13-14)15(2)11-21-18(20-3)22-12-16-8-4-5-9-17(16)19/h4-5,8-9,14-15H,6-7,10-13H2,1-3H3,(H2,20,21,22). The van der Waals surface area contributed by atoms with Gasteiger partial charge in [0.05, 0.1) is 0 Å². The van der Waals surface area contributed by atoms with Crippen LogP contribution >= 0.6 is 0 Å². The molecule has 0 radical (unpaired) electrons. The zero-order chi connectivity index (χ0) is 16.7. The minimum atomic E-state index is -0.189. The van der Waals surface area contributed by atoms with Crippen LogP contribution in [0, 0.1) is 11.7 Å². The van der Waals surface area contributed by atoms with Crippen molar-refractivity contribution in [2.75, 3.05) is 26.7 Å². The summed E-state index contributed by atoms with van der Waals surface area (Å²) in [4.78, 5) is 6.75. The quantitative estimate of drug-likeness (QED) is 0.647. The minimum Gasteiger partial charge on any atom is -0.355 e. The first-order valence-electron chi connectivity index (χ1n) is 8.52. The molecule has 1 fully saturated rings. The molecule has 1 heterocycles. The molecular weight excluding hydrogens is 291 g/mol. The van der Waals surface area contributed by atoms with Crippen molar-refractivity contribution in [3.05, 3.63) is 35.6 Å². The summed E-state index contributed by atoms with van der Waals surface area (Å²) in [6, 6.07) is 7.27. The zero-order valence-corrected chi connectivity index (χ0v) is 14.5. The average molecular weight is 320 g/mol. The van der Waals surface area contributed by atoms with Crippen LogP contribution in [0.1, 0.15) is 32.3 Å².